The molecule has 222 valence electrons. The third-order valence-electron chi connectivity index (χ3n) is 7.01. The van der Waals surface area contributed by atoms with E-state index in [1.54, 1.807) is 0 Å². The molecule has 1 aromatic carbocycles. The number of benzene rings is 1. The molecule has 2 unspecified atom stereocenters. The number of fused-ring (bicyclic) bond motifs is 3. The Morgan fingerprint density at radius 2 is 1.23 bits per heavy atom. The molecule has 0 saturated carbocycles. The highest BCUT2D eigenvalue weighted by atomic mass is 16.8. The van der Waals surface area contributed by atoms with E-state index in [2.05, 4.69) is 0 Å². The number of ether oxygens (including phenoxy) is 2. The minimum absolute atomic E-state index is 0.148. The van der Waals surface area contributed by atoms with Crippen LogP contribution in [0.2, 0.25) is 0 Å². The van der Waals surface area contributed by atoms with Gasteiger partial charge in [-0.2, -0.15) is 0 Å². The van der Waals surface area contributed by atoms with Crippen LogP contribution in [0.3, 0.4) is 0 Å². The normalized spacial score (nSPS) is 25.6. The van der Waals surface area contributed by atoms with Crippen LogP contribution >= 0.6 is 0 Å². The average molecular weight is 573 g/mol. The van der Waals surface area contributed by atoms with E-state index in [4.69, 9.17) is 9.47 Å². The first kappa shape index (κ1) is 31.0. The lowest BCUT2D eigenvalue weighted by Gasteiger charge is -2.62. The Balaban J connectivity index is 2.41. The predicted molar refractivity (Wildman–Crippen MR) is 111 cm³/mol. The molecule has 1 saturated heterocycles. The molecule has 3 rings (SSSR count). The van der Waals surface area contributed by atoms with Crippen LogP contribution in [0.1, 0.15) is 17.2 Å². The largest absolute Gasteiger partial charge is 0.504 e. The van der Waals surface area contributed by atoms with Crippen molar-refractivity contribution in [2.45, 2.75) is 53.1 Å². The van der Waals surface area contributed by atoms with Gasteiger partial charge >= 0.3 is 11.9 Å². The summed E-state index contributed by atoms with van der Waals surface area (Å²) in [6.07, 6.45) is -0.656. The van der Waals surface area contributed by atoms with Gasteiger partial charge in [0.2, 0.25) is 23.1 Å². The van der Waals surface area contributed by atoms with Crippen molar-refractivity contribution in [3.05, 3.63) is 11.1 Å². The van der Waals surface area contributed by atoms with Crippen molar-refractivity contribution in [2.24, 2.45) is 0 Å². The third kappa shape index (κ3) is 3.45. The topological polar surface area (TPSA) is 362 Å². The van der Waals surface area contributed by atoms with E-state index in [0.29, 0.717) is 0 Å². The van der Waals surface area contributed by atoms with Crippen LogP contribution in [0.15, 0.2) is 0 Å². The standard InChI is InChI=1S/C19H27NO19/c1-38-9-7(21)5-3-4-20-11(6(5)8(22)10(9)39-2)13(24,25)12(23)14(26,17(20,30)31)16(28,29)15(27,18(32,33)34)19(35,36)37/h11,21-22,24-37H,3-4H2,1-2H3. The summed E-state index contributed by atoms with van der Waals surface area (Å²) in [5, 5.41) is 164. The van der Waals surface area contributed by atoms with Gasteiger partial charge in [-0.3, -0.25) is 4.79 Å². The van der Waals surface area contributed by atoms with Gasteiger partial charge in [-0.05, 0) is 6.42 Å². The van der Waals surface area contributed by atoms with Gasteiger partial charge in [0.15, 0.2) is 11.5 Å². The summed E-state index contributed by atoms with van der Waals surface area (Å²) in [6, 6.07) is -2.68. The first-order chi connectivity index (χ1) is 17.4. The molecule has 0 aromatic heterocycles. The molecule has 16 N–H and O–H groups in total. The number of nitrogens with zero attached hydrogens (tertiary/aromatic N) is 1. The maximum atomic E-state index is 13.3. The van der Waals surface area contributed by atoms with Crippen molar-refractivity contribution < 1.29 is 96.0 Å². The molecule has 1 aromatic rings. The number of carbonyl (C=O) groups is 1. The molecule has 2 atom stereocenters. The fourth-order valence-corrected chi connectivity index (χ4v) is 5.04. The zero-order valence-electron chi connectivity index (χ0n) is 19.8. The molecule has 20 heteroatoms. The molecular formula is C19H27NO19. The van der Waals surface area contributed by atoms with Crippen LogP contribution in [-0.4, -0.2) is 154 Å². The molecule has 1 fully saturated rings. The molecule has 0 bridgehead atoms. The lowest BCUT2D eigenvalue weighted by molar-refractivity contribution is -0.567. The molecule has 0 aliphatic carbocycles. The summed E-state index contributed by atoms with van der Waals surface area (Å²) in [5.74, 6) is -31.5. The van der Waals surface area contributed by atoms with Gasteiger partial charge in [0.1, 0.15) is 6.04 Å². The Labute approximate surface area is 215 Å². The summed E-state index contributed by atoms with van der Waals surface area (Å²) in [7, 11) is 1.98. The Kier molecular flexibility index (Phi) is 6.76. The lowest BCUT2D eigenvalue weighted by Crippen LogP contribution is -2.93. The van der Waals surface area contributed by atoms with E-state index in [0.717, 1.165) is 14.2 Å². The van der Waals surface area contributed by atoms with Crippen LogP contribution in [0.25, 0.3) is 0 Å². The van der Waals surface area contributed by atoms with Gasteiger partial charge in [0.25, 0.3) is 22.9 Å². The number of phenolic OH excluding ortho intramolecular Hbond substituents is 2. The first-order valence-electron chi connectivity index (χ1n) is 10.5. The van der Waals surface area contributed by atoms with E-state index in [1.165, 1.54) is 0 Å². The Bertz CT molecular complexity index is 1170. The maximum absolute atomic E-state index is 13.3. The Morgan fingerprint density at radius 1 is 0.795 bits per heavy atom. The monoisotopic (exact) mass is 573 g/mol. The van der Waals surface area contributed by atoms with Crippen molar-refractivity contribution in [1.29, 1.82) is 0 Å². The van der Waals surface area contributed by atoms with Crippen molar-refractivity contribution in [2.75, 3.05) is 20.8 Å². The highest BCUT2D eigenvalue weighted by Gasteiger charge is 2.88. The fourth-order valence-electron chi connectivity index (χ4n) is 5.04. The number of hydrogen-bond acceptors (Lipinski definition) is 20. The summed E-state index contributed by atoms with van der Waals surface area (Å²) in [6.45, 7) is -1.02. The van der Waals surface area contributed by atoms with Crippen molar-refractivity contribution in [3.8, 4) is 23.0 Å². The number of phenols is 2. The van der Waals surface area contributed by atoms with Gasteiger partial charge in [-0.15, -0.1) is 0 Å². The number of rotatable bonds is 6. The highest BCUT2D eigenvalue weighted by Crippen LogP contribution is 2.60. The smallest absolute Gasteiger partial charge is 0.320 e. The molecule has 0 amide bonds. The van der Waals surface area contributed by atoms with Crippen molar-refractivity contribution in [1.82, 2.24) is 4.90 Å². The molecule has 39 heavy (non-hydrogen) atoms. The number of Topliss-reactive ketones (excluding diaryl/α,β-unsaturated/α-hetero) is 1. The number of methoxy groups -OCH3 is 2. The van der Waals surface area contributed by atoms with Crippen LogP contribution in [0.5, 0.6) is 23.0 Å². The number of aliphatic hydroxyl groups is 14. The zero-order valence-corrected chi connectivity index (χ0v) is 19.8. The third-order valence-corrected chi connectivity index (χ3v) is 7.01. The maximum Gasteiger partial charge on any atom is 0.320 e. The molecule has 2 heterocycles. The Hall–Kier alpha value is -2.51. The second-order valence-electron chi connectivity index (χ2n) is 9.06. The number of hydrogen-bond donors (Lipinski definition) is 16. The highest BCUT2D eigenvalue weighted by molar-refractivity contribution is 5.97. The predicted octanol–water partition coefficient (Wildman–Crippen LogP) is -8.68. The van der Waals surface area contributed by atoms with E-state index in [9.17, 15) is 86.5 Å². The summed E-state index contributed by atoms with van der Waals surface area (Å²) >= 11 is 0. The van der Waals surface area contributed by atoms with Gasteiger partial charge in [0, 0.05) is 17.7 Å². The molecular weight excluding hydrogens is 546 g/mol. The van der Waals surface area contributed by atoms with Crippen LogP contribution < -0.4 is 9.47 Å². The zero-order chi connectivity index (χ0) is 30.5. The number of piperidine rings is 1. The van der Waals surface area contributed by atoms with Crippen LogP contribution in [-0.2, 0) is 11.2 Å². The summed E-state index contributed by atoms with van der Waals surface area (Å²) in [4.78, 5) is 13.1. The van der Waals surface area contributed by atoms with Gasteiger partial charge in [0.05, 0.1) is 14.2 Å². The Morgan fingerprint density at radius 3 is 1.64 bits per heavy atom. The molecule has 0 spiro atoms. The second kappa shape index (κ2) is 8.50. The number of carbonyl (C=O) groups excluding carboxylic acids is 1. The summed E-state index contributed by atoms with van der Waals surface area (Å²) in [5.41, 5.74) is -12.1. The molecule has 0 radical (unpaired) electrons. The van der Waals surface area contributed by atoms with Gasteiger partial charge in [-0.25, -0.2) is 4.90 Å². The lowest BCUT2D eigenvalue weighted by atomic mass is 9.65. The van der Waals surface area contributed by atoms with E-state index in [1.807, 2.05) is 0 Å². The minimum atomic E-state index is -5.65. The molecule has 20 nitrogen and oxygen atoms in total. The summed E-state index contributed by atoms with van der Waals surface area (Å²) < 4.78 is 9.83. The SMILES string of the molecule is COc1c(O)c2c(c(O)c1OC)C1N(CC2)C(O)(O)C(O)(C(O)(O)C(O)(C(O)(O)O)C(O)(O)O)C(=O)C1(O)O. The molecule has 2 aliphatic rings. The van der Waals surface area contributed by atoms with E-state index < -0.39 is 99.5 Å². The second-order valence-corrected chi connectivity index (χ2v) is 9.06. The van der Waals surface area contributed by atoms with Crippen LogP contribution in [0, 0.1) is 0 Å². The molecule has 2 aliphatic heterocycles. The quantitative estimate of drug-likeness (QED) is 0.111. The van der Waals surface area contributed by atoms with E-state index >= 15 is 0 Å². The van der Waals surface area contributed by atoms with Gasteiger partial charge < -0.3 is 91.2 Å². The number of ketones is 1. The van der Waals surface area contributed by atoms with E-state index in [-0.39, 0.29) is 4.90 Å². The fraction of sp³-hybridized carbons (Fsp3) is 0.632. The van der Waals surface area contributed by atoms with Crippen molar-refractivity contribution >= 4 is 5.78 Å². The first-order valence-corrected chi connectivity index (χ1v) is 10.5. The minimum Gasteiger partial charge on any atom is -0.504 e. The van der Waals surface area contributed by atoms with Gasteiger partial charge in [-0.1, -0.05) is 0 Å². The number of aromatic hydroxyl groups is 2. The average Bonchev–Trinajstić information content (AvgIpc) is 2.80. The van der Waals surface area contributed by atoms with Crippen LogP contribution in [0.4, 0.5) is 0 Å². The van der Waals surface area contributed by atoms with Crippen molar-refractivity contribution in [3.63, 3.8) is 0 Å².